The zero-order chi connectivity index (χ0) is 15.6. The number of rotatable bonds is 3. The maximum atomic E-state index is 4.57. The first-order chi connectivity index (χ1) is 11.3. The van der Waals surface area contributed by atoms with Gasteiger partial charge in [0.05, 0.1) is 11.1 Å². The van der Waals surface area contributed by atoms with Crippen molar-refractivity contribution in [2.24, 2.45) is 0 Å². The minimum atomic E-state index is 0.813. The first-order valence-electron chi connectivity index (χ1n) is 8.15. The second kappa shape index (κ2) is 6.01. The van der Waals surface area contributed by atoms with Gasteiger partial charge in [-0.05, 0) is 18.1 Å². The standard InChI is InChI=1S/C18H21N5/c1-13-16-17(23-9-7-19-8-10-23)15(12-20-18(16)22-21-13)11-14-5-3-2-4-6-14/h2-6,12,19H,7-11H2,1H3,(H,20,21,22). The number of aromatic amines is 1. The van der Waals surface area contributed by atoms with Crippen LogP contribution < -0.4 is 10.2 Å². The van der Waals surface area contributed by atoms with E-state index in [0.29, 0.717) is 0 Å². The van der Waals surface area contributed by atoms with Gasteiger partial charge < -0.3 is 10.2 Å². The van der Waals surface area contributed by atoms with Crippen molar-refractivity contribution in [1.29, 1.82) is 0 Å². The summed E-state index contributed by atoms with van der Waals surface area (Å²) >= 11 is 0. The van der Waals surface area contributed by atoms with Crippen molar-refractivity contribution in [2.45, 2.75) is 13.3 Å². The number of aromatic nitrogens is 3. The Morgan fingerprint density at radius 2 is 1.91 bits per heavy atom. The van der Waals surface area contributed by atoms with E-state index in [0.717, 1.165) is 43.9 Å². The Bertz CT molecular complexity index is 803. The number of hydrogen-bond acceptors (Lipinski definition) is 4. The van der Waals surface area contributed by atoms with Crippen LogP contribution in [0.3, 0.4) is 0 Å². The zero-order valence-electron chi connectivity index (χ0n) is 13.3. The topological polar surface area (TPSA) is 56.8 Å². The fraction of sp³-hybridized carbons (Fsp3) is 0.333. The lowest BCUT2D eigenvalue weighted by atomic mass is 10.0. The van der Waals surface area contributed by atoms with Crippen LogP contribution in [0.15, 0.2) is 36.5 Å². The van der Waals surface area contributed by atoms with Gasteiger partial charge in [0, 0.05) is 44.5 Å². The molecule has 4 rings (SSSR count). The highest BCUT2D eigenvalue weighted by Crippen LogP contribution is 2.32. The van der Waals surface area contributed by atoms with Crippen LogP contribution in [0.5, 0.6) is 0 Å². The van der Waals surface area contributed by atoms with Crippen molar-refractivity contribution in [3.63, 3.8) is 0 Å². The van der Waals surface area contributed by atoms with E-state index in [-0.39, 0.29) is 0 Å². The summed E-state index contributed by atoms with van der Waals surface area (Å²) < 4.78 is 0. The summed E-state index contributed by atoms with van der Waals surface area (Å²) in [5, 5.41) is 12.0. The highest BCUT2D eigenvalue weighted by Gasteiger charge is 2.20. The van der Waals surface area contributed by atoms with Gasteiger partial charge >= 0.3 is 0 Å². The van der Waals surface area contributed by atoms with Crippen molar-refractivity contribution in [3.8, 4) is 0 Å². The summed E-state index contributed by atoms with van der Waals surface area (Å²) in [7, 11) is 0. The minimum Gasteiger partial charge on any atom is -0.368 e. The van der Waals surface area contributed by atoms with E-state index >= 15 is 0 Å². The van der Waals surface area contributed by atoms with Crippen LogP contribution in [0.25, 0.3) is 11.0 Å². The minimum absolute atomic E-state index is 0.813. The van der Waals surface area contributed by atoms with Crippen molar-refractivity contribution >= 4 is 16.7 Å². The van der Waals surface area contributed by atoms with E-state index in [1.54, 1.807) is 0 Å². The molecule has 0 unspecified atom stereocenters. The maximum absolute atomic E-state index is 4.57. The SMILES string of the molecule is Cc1[nH]nc2ncc(Cc3ccccc3)c(N3CCNCC3)c12. The number of aryl methyl sites for hydroxylation is 1. The van der Waals surface area contributed by atoms with Gasteiger partial charge in [0.1, 0.15) is 0 Å². The molecule has 1 aliphatic heterocycles. The van der Waals surface area contributed by atoms with E-state index in [1.807, 2.05) is 6.20 Å². The van der Waals surface area contributed by atoms with Crippen LogP contribution in [0.4, 0.5) is 5.69 Å². The third kappa shape index (κ3) is 2.68. The molecule has 118 valence electrons. The first kappa shape index (κ1) is 14.2. The summed E-state index contributed by atoms with van der Waals surface area (Å²) in [6.07, 6.45) is 2.89. The number of piperazine rings is 1. The third-order valence-corrected chi connectivity index (χ3v) is 4.48. The number of pyridine rings is 1. The molecule has 3 aromatic rings. The Morgan fingerprint density at radius 3 is 2.70 bits per heavy atom. The molecular weight excluding hydrogens is 286 g/mol. The zero-order valence-corrected chi connectivity index (χ0v) is 13.3. The molecule has 2 N–H and O–H groups in total. The molecule has 1 aromatic carbocycles. The van der Waals surface area contributed by atoms with Crippen molar-refractivity contribution < 1.29 is 0 Å². The van der Waals surface area contributed by atoms with Gasteiger partial charge in [0.2, 0.25) is 0 Å². The summed E-state index contributed by atoms with van der Waals surface area (Å²) in [6.45, 7) is 6.16. The molecule has 3 heterocycles. The normalized spacial score (nSPS) is 15.3. The highest BCUT2D eigenvalue weighted by molar-refractivity contribution is 5.93. The summed E-state index contributed by atoms with van der Waals surface area (Å²) in [4.78, 5) is 7.04. The van der Waals surface area contributed by atoms with Gasteiger partial charge in [0.15, 0.2) is 5.65 Å². The molecule has 0 atom stereocenters. The fourth-order valence-electron chi connectivity index (χ4n) is 3.35. The van der Waals surface area contributed by atoms with Crippen molar-refractivity contribution in [2.75, 3.05) is 31.1 Å². The largest absolute Gasteiger partial charge is 0.368 e. The molecule has 0 saturated carbocycles. The van der Waals surface area contributed by atoms with E-state index in [2.05, 4.69) is 62.7 Å². The number of H-pyrrole nitrogens is 1. The van der Waals surface area contributed by atoms with Gasteiger partial charge in [-0.2, -0.15) is 5.10 Å². The van der Waals surface area contributed by atoms with E-state index < -0.39 is 0 Å². The monoisotopic (exact) mass is 307 g/mol. The van der Waals surface area contributed by atoms with Crippen LogP contribution >= 0.6 is 0 Å². The molecule has 1 saturated heterocycles. The molecule has 0 aliphatic carbocycles. The Labute approximate surface area is 135 Å². The number of fused-ring (bicyclic) bond motifs is 1. The van der Waals surface area contributed by atoms with Gasteiger partial charge in [-0.3, -0.25) is 5.10 Å². The Morgan fingerprint density at radius 1 is 1.13 bits per heavy atom. The molecule has 0 amide bonds. The fourth-order valence-corrected chi connectivity index (χ4v) is 3.35. The van der Waals surface area contributed by atoms with Crippen LogP contribution in [0.1, 0.15) is 16.8 Å². The first-order valence-corrected chi connectivity index (χ1v) is 8.15. The third-order valence-electron chi connectivity index (χ3n) is 4.48. The van der Waals surface area contributed by atoms with Gasteiger partial charge in [0.25, 0.3) is 0 Å². The molecule has 0 radical (unpaired) electrons. The molecule has 1 fully saturated rings. The second-order valence-electron chi connectivity index (χ2n) is 6.08. The average Bonchev–Trinajstić information content (AvgIpc) is 2.98. The number of benzene rings is 1. The number of hydrogen-bond donors (Lipinski definition) is 2. The number of nitrogens with one attached hydrogen (secondary N) is 2. The van der Waals surface area contributed by atoms with Gasteiger partial charge in [-0.25, -0.2) is 4.98 Å². The predicted octanol–water partition coefficient (Wildman–Crippen LogP) is 2.27. The quantitative estimate of drug-likeness (QED) is 0.779. The Hall–Kier alpha value is -2.40. The summed E-state index contributed by atoms with van der Waals surface area (Å²) in [5.74, 6) is 0. The molecule has 0 spiro atoms. The molecule has 1 aliphatic rings. The molecular formula is C18H21N5. The number of nitrogens with zero attached hydrogens (tertiary/aromatic N) is 3. The summed E-state index contributed by atoms with van der Waals surface area (Å²) in [6, 6.07) is 10.6. The van der Waals surface area contributed by atoms with E-state index in [9.17, 15) is 0 Å². The van der Waals surface area contributed by atoms with Crippen LogP contribution in [-0.2, 0) is 6.42 Å². The molecule has 2 aromatic heterocycles. The lowest BCUT2D eigenvalue weighted by molar-refractivity contribution is 0.589. The van der Waals surface area contributed by atoms with Crippen LogP contribution in [0.2, 0.25) is 0 Å². The van der Waals surface area contributed by atoms with E-state index in [4.69, 9.17) is 0 Å². The number of anilines is 1. The van der Waals surface area contributed by atoms with E-state index in [1.165, 1.54) is 22.2 Å². The molecule has 5 nitrogen and oxygen atoms in total. The van der Waals surface area contributed by atoms with Gasteiger partial charge in [-0.15, -0.1) is 0 Å². The summed E-state index contributed by atoms with van der Waals surface area (Å²) in [5.41, 5.74) is 5.79. The molecule has 23 heavy (non-hydrogen) atoms. The maximum Gasteiger partial charge on any atom is 0.183 e. The second-order valence-corrected chi connectivity index (χ2v) is 6.08. The smallest absolute Gasteiger partial charge is 0.183 e. The predicted molar refractivity (Wildman–Crippen MR) is 93.0 cm³/mol. The average molecular weight is 307 g/mol. The lowest BCUT2D eigenvalue weighted by Gasteiger charge is -2.31. The lowest BCUT2D eigenvalue weighted by Crippen LogP contribution is -2.44. The molecule has 5 heteroatoms. The Kier molecular flexibility index (Phi) is 3.71. The molecule has 0 bridgehead atoms. The Balaban J connectivity index is 1.83. The van der Waals surface area contributed by atoms with Gasteiger partial charge in [-0.1, -0.05) is 30.3 Å². The van der Waals surface area contributed by atoms with Crippen molar-refractivity contribution in [3.05, 3.63) is 53.3 Å². The van der Waals surface area contributed by atoms with Crippen LogP contribution in [-0.4, -0.2) is 41.4 Å². The van der Waals surface area contributed by atoms with Crippen molar-refractivity contribution in [1.82, 2.24) is 20.5 Å². The van der Waals surface area contributed by atoms with Crippen LogP contribution in [0, 0.1) is 6.92 Å². The highest BCUT2D eigenvalue weighted by atomic mass is 15.2.